The first-order valence-electron chi connectivity index (χ1n) is 27.8. The molecule has 0 amide bonds. The minimum Gasteiger partial charge on any atom is -0.379 e. The normalized spacial score (nSPS) is 13.1. The largest absolute Gasteiger partial charge is 0.379 e. The molecule has 84 heavy (non-hydrogen) atoms. The van der Waals surface area contributed by atoms with Crippen LogP contribution in [0.15, 0.2) is 92.4 Å². The van der Waals surface area contributed by atoms with E-state index in [1.54, 1.807) is 24.3 Å². The van der Waals surface area contributed by atoms with E-state index in [1.165, 1.54) is 48.5 Å². The average Bonchev–Trinajstić information content (AvgIpc) is 2.16. The fourth-order valence-electron chi connectivity index (χ4n) is 9.46. The lowest BCUT2D eigenvalue weighted by atomic mass is 10.1. The molecule has 9 rings (SSSR count). The Hall–Kier alpha value is -6.28. The van der Waals surface area contributed by atoms with Gasteiger partial charge in [0, 0.05) is 85.3 Å². The van der Waals surface area contributed by atoms with E-state index in [2.05, 4.69) is 28.9 Å². The maximum absolute atomic E-state index is 14.5. The summed E-state index contributed by atoms with van der Waals surface area (Å²) >= 11 is 0. The van der Waals surface area contributed by atoms with Crippen LogP contribution in [-0.2, 0) is 59.0 Å². The number of hydrogen-bond acceptors (Lipinski definition) is 18. The van der Waals surface area contributed by atoms with Gasteiger partial charge in [0.2, 0.25) is 40.1 Å². The molecule has 0 spiro atoms. The number of nitrogens with one attached hydrogen (secondary N) is 6. The first-order chi connectivity index (χ1) is 40.0. The lowest BCUT2D eigenvalue weighted by molar-refractivity contribution is 0.0775. The molecular weight excluding hydrogens is 1160 g/mol. The Morgan fingerprint density at radius 3 is 0.976 bits per heavy atom. The Balaban J connectivity index is 1.36. The predicted octanol–water partition coefficient (Wildman–Crippen LogP) is 7.24. The summed E-state index contributed by atoms with van der Waals surface area (Å²) in [7, 11) is -17.4. The maximum Gasteiger partial charge on any atom is 0.241 e. The van der Waals surface area contributed by atoms with Crippen molar-refractivity contribution >= 4 is 84.2 Å². The Labute approximate surface area is 489 Å². The van der Waals surface area contributed by atoms with Crippen LogP contribution >= 0.6 is 0 Å². The number of ether oxygens (including phenoxy) is 4. The van der Waals surface area contributed by atoms with Gasteiger partial charge in [-0.05, 0) is 105 Å². The second kappa shape index (κ2) is 26.1. The van der Waals surface area contributed by atoms with Gasteiger partial charge in [0.15, 0.2) is 23.3 Å². The highest BCUT2D eigenvalue weighted by atomic mass is 32.2. The molecule has 28 heteroatoms. The molecule has 8 bridgehead atoms. The third kappa shape index (κ3) is 14.0. The standard InChI is InChI=1S/C56H70N12O12S4/c1-33(2)77-29-13-25-57-81(69,70)41-21-9-17-37-45(41)53-61-49(37)66-54-47-39(19-11-23-43(47)83(73,74)59-27-15-31-79-35(5)6)51(63-54)68-56-48-40(20-12-24-44(48)84(75,76)60-28-16-32-80-36(7)8)52(64-56)67-55-46-38(50(62-55)65-53)18-10-22-42(46)82(71,72)58-26-14-30-78-34(3)4/h9-12,17-24,33-36,57-60H,13-16,25-32H2,1-8H3,(H2,61,62,63,64,65,66,67,68). The third-order valence-corrected chi connectivity index (χ3v) is 19.2. The summed E-state index contributed by atoms with van der Waals surface area (Å²) in [6.45, 7) is 16.3. The molecule has 2 aliphatic heterocycles. The molecule has 0 saturated heterocycles. The van der Waals surface area contributed by atoms with Crippen molar-refractivity contribution in [1.82, 2.24) is 58.8 Å². The molecule has 3 aromatic heterocycles. The van der Waals surface area contributed by atoms with E-state index < -0.39 is 40.1 Å². The molecule has 24 nitrogen and oxygen atoms in total. The van der Waals surface area contributed by atoms with Crippen LogP contribution in [0.1, 0.15) is 81.1 Å². The summed E-state index contributed by atoms with van der Waals surface area (Å²) in [6.07, 6.45) is 1.15. The van der Waals surface area contributed by atoms with Crippen molar-refractivity contribution in [1.29, 1.82) is 0 Å². The van der Waals surface area contributed by atoms with Gasteiger partial charge in [-0.1, -0.05) is 48.5 Å². The van der Waals surface area contributed by atoms with Gasteiger partial charge < -0.3 is 28.9 Å². The molecule has 0 aliphatic carbocycles. The van der Waals surface area contributed by atoms with Crippen molar-refractivity contribution in [2.45, 2.75) is 125 Å². The van der Waals surface area contributed by atoms with Crippen molar-refractivity contribution in [3.05, 3.63) is 72.8 Å². The summed E-state index contributed by atoms with van der Waals surface area (Å²) < 4.78 is 149. The Bertz CT molecular complexity index is 3960. The zero-order chi connectivity index (χ0) is 60.1. The SMILES string of the molecule is CC(C)OCCCNS(=O)(=O)c1cccc2c1-c1nc-2nc2[nH]c(nc3nc(nc4[nH]c(n1)c1cccc(S(=O)(=O)NCCCOC(C)C)c41)-c1cccc(S(=O)(=O)NCCCOC(C)C)c1-3)c1cccc(S(=O)(=O)NCCCOC(C)C)c21. The minimum absolute atomic E-state index is 0.00397. The average molecular weight is 1230 g/mol. The van der Waals surface area contributed by atoms with Crippen molar-refractivity contribution in [3.8, 4) is 45.6 Å². The van der Waals surface area contributed by atoms with Gasteiger partial charge in [-0.25, -0.2) is 82.5 Å². The van der Waals surface area contributed by atoms with E-state index in [0.29, 0.717) is 52.1 Å². The predicted molar refractivity (Wildman–Crippen MR) is 320 cm³/mol. The third-order valence-electron chi connectivity index (χ3n) is 13.2. The number of sulfonamides is 4. The van der Waals surface area contributed by atoms with Crippen LogP contribution in [0.2, 0.25) is 0 Å². The van der Waals surface area contributed by atoms with E-state index in [1.807, 2.05) is 55.4 Å². The number of rotatable bonds is 28. The quantitative estimate of drug-likeness (QED) is 0.0263. The number of hydrogen-bond donors (Lipinski definition) is 6. The van der Waals surface area contributed by atoms with Crippen LogP contribution in [0.25, 0.3) is 89.7 Å². The summed E-state index contributed by atoms with van der Waals surface area (Å²) in [4.78, 5) is 35.4. The van der Waals surface area contributed by atoms with Gasteiger partial charge in [-0.15, -0.1) is 0 Å². The highest BCUT2D eigenvalue weighted by molar-refractivity contribution is 7.90. The molecule has 5 heterocycles. The lowest BCUT2D eigenvalue weighted by Crippen LogP contribution is -2.26. The van der Waals surface area contributed by atoms with Crippen molar-refractivity contribution in [2.75, 3.05) is 52.6 Å². The highest BCUT2D eigenvalue weighted by Crippen LogP contribution is 2.42. The molecule has 0 unspecified atom stereocenters. The zero-order valence-corrected chi connectivity index (χ0v) is 51.2. The number of fused-ring (bicyclic) bond motifs is 20. The fourth-order valence-corrected chi connectivity index (χ4v) is 14.7. The monoisotopic (exact) mass is 1230 g/mol. The molecule has 6 N–H and O–H groups in total. The van der Waals surface area contributed by atoms with Crippen molar-refractivity contribution < 1.29 is 52.6 Å². The Kier molecular flexibility index (Phi) is 19.4. The number of aromatic nitrogens is 8. The number of nitrogens with zero attached hydrogens (tertiary/aromatic N) is 6. The number of aromatic amines is 2. The van der Waals surface area contributed by atoms with Gasteiger partial charge >= 0.3 is 0 Å². The lowest BCUT2D eigenvalue weighted by Gasteiger charge is -2.11. The molecule has 0 radical (unpaired) electrons. The van der Waals surface area contributed by atoms with Crippen LogP contribution < -0.4 is 18.9 Å². The van der Waals surface area contributed by atoms with Gasteiger partial charge in [-0.2, -0.15) is 0 Å². The molecule has 0 atom stereocenters. The topological polar surface area (TPSA) is 331 Å². The van der Waals surface area contributed by atoms with Crippen LogP contribution in [-0.4, -0.2) is 151 Å². The fraction of sp³-hybridized carbons (Fsp3) is 0.429. The molecule has 450 valence electrons. The molecule has 0 fully saturated rings. The van der Waals surface area contributed by atoms with Crippen LogP contribution in [0.5, 0.6) is 0 Å². The second-order valence-corrected chi connectivity index (χ2v) is 27.9. The molecule has 7 aromatic rings. The van der Waals surface area contributed by atoms with E-state index in [9.17, 15) is 33.7 Å². The number of H-pyrrole nitrogens is 2. The molecule has 4 aromatic carbocycles. The van der Waals surface area contributed by atoms with Crippen LogP contribution in [0.3, 0.4) is 0 Å². The molecular formula is C56H70N12O12S4. The van der Waals surface area contributed by atoms with Crippen molar-refractivity contribution in [2.24, 2.45) is 0 Å². The van der Waals surface area contributed by atoms with Gasteiger partial charge in [-0.3, -0.25) is 0 Å². The smallest absolute Gasteiger partial charge is 0.241 e. The minimum atomic E-state index is -4.35. The summed E-state index contributed by atoms with van der Waals surface area (Å²) in [6, 6.07) is 18.1. The first kappa shape index (κ1) is 62.3. The van der Waals surface area contributed by atoms with Crippen LogP contribution in [0.4, 0.5) is 0 Å². The summed E-state index contributed by atoms with van der Waals surface area (Å²) in [5, 5.41) is 0.552. The Morgan fingerprint density at radius 1 is 0.369 bits per heavy atom. The van der Waals surface area contributed by atoms with E-state index in [0.717, 1.165) is 0 Å². The second-order valence-electron chi connectivity index (χ2n) is 21.0. The zero-order valence-electron chi connectivity index (χ0n) is 47.9. The van der Waals surface area contributed by atoms with Gasteiger partial charge in [0.05, 0.1) is 55.1 Å². The summed E-state index contributed by atoms with van der Waals surface area (Å²) in [5.41, 5.74) is 0.279. The van der Waals surface area contributed by atoms with Crippen LogP contribution in [0, 0.1) is 0 Å². The van der Waals surface area contributed by atoms with E-state index in [-0.39, 0.29) is 160 Å². The van der Waals surface area contributed by atoms with Crippen molar-refractivity contribution in [3.63, 3.8) is 0 Å². The maximum atomic E-state index is 14.5. The van der Waals surface area contributed by atoms with E-state index >= 15 is 0 Å². The molecule has 2 aliphatic rings. The van der Waals surface area contributed by atoms with E-state index in [4.69, 9.17) is 48.9 Å². The first-order valence-corrected chi connectivity index (χ1v) is 33.7. The van der Waals surface area contributed by atoms with Gasteiger partial charge in [0.25, 0.3) is 0 Å². The highest BCUT2D eigenvalue weighted by Gasteiger charge is 2.33. The number of benzene rings is 4. The molecule has 0 saturated carbocycles. The van der Waals surface area contributed by atoms with Gasteiger partial charge in [0.1, 0.15) is 22.6 Å². The summed E-state index contributed by atoms with van der Waals surface area (Å²) in [5.74, 6) is -0.512. The Morgan fingerprint density at radius 2 is 0.655 bits per heavy atom.